The van der Waals surface area contributed by atoms with E-state index in [9.17, 15) is 0 Å². The Hall–Kier alpha value is -1.75. The third-order valence-electron chi connectivity index (χ3n) is 3.50. The van der Waals surface area contributed by atoms with Gasteiger partial charge in [-0.05, 0) is 31.6 Å². The first-order chi connectivity index (χ1) is 9.74. The molecule has 5 heteroatoms. The largest absolute Gasteiger partial charge is 0.401 e. The summed E-state index contributed by atoms with van der Waals surface area (Å²) in [6.45, 7) is 3.86. The van der Waals surface area contributed by atoms with Crippen molar-refractivity contribution in [1.82, 2.24) is 0 Å². The molecule has 4 N–H and O–H groups in total. The molecule has 0 aromatic rings. The van der Waals surface area contributed by atoms with E-state index in [0.717, 1.165) is 24.1 Å². The Morgan fingerprint density at radius 3 is 2.55 bits per heavy atom. The van der Waals surface area contributed by atoms with Crippen molar-refractivity contribution in [3.63, 3.8) is 0 Å². The van der Waals surface area contributed by atoms with Gasteiger partial charge in [-0.3, -0.25) is 15.0 Å². The molecule has 0 aromatic carbocycles. The summed E-state index contributed by atoms with van der Waals surface area (Å²) in [5.41, 5.74) is 14.1. The van der Waals surface area contributed by atoms with Gasteiger partial charge < -0.3 is 11.5 Å². The zero-order valence-corrected chi connectivity index (χ0v) is 12.3. The van der Waals surface area contributed by atoms with Gasteiger partial charge in [-0.1, -0.05) is 19.3 Å². The van der Waals surface area contributed by atoms with Crippen molar-refractivity contribution in [2.24, 2.45) is 32.4 Å². The summed E-state index contributed by atoms with van der Waals surface area (Å²) in [4.78, 5) is 12.1. The SMILES string of the molecule is C=NC(=C\C=N/CN)/C(C=NC)=C(/N)C1CCCCC1. The van der Waals surface area contributed by atoms with Crippen molar-refractivity contribution < 1.29 is 0 Å². The second kappa shape index (κ2) is 9.20. The lowest BCUT2D eigenvalue weighted by atomic mass is 9.85. The summed E-state index contributed by atoms with van der Waals surface area (Å²) < 4.78 is 0. The Morgan fingerprint density at radius 2 is 2.00 bits per heavy atom. The number of allylic oxidation sites excluding steroid dienone is 3. The molecule has 0 bridgehead atoms. The zero-order chi connectivity index (χ0) is 14.8. The minimum Gasteiger partial charge on any atom is -0.401 e. The van der Waals surface area contributed by atoms with Crippen LogP contribution in [0.4, 0.5) is 0 Å². The molecule has 1 aliphatic carbocycles. The monoisotopic (exact) mass is 275 g/mol. The maximum absolute atomic E-state index is 6.35. The zero-order valence-electron chi connectivity index (χ0n) is 12.3. The highest BCUT2D eigenvalue weighted by molar-refractivity contribution is 5.88. The van der Waals surface area contributed by atoms with Crippen molar-refractivity contribution in [1.29, 1.82) is 0 Å². The van der Waals surface area contributed by atoms with Crippen LogP contribution >= 0.6 is 0 Å². The van der Waals surface area contributed by atoms with Gasteiger partial charge in [0, 0.05) is 30.7 Å². The third-order valence-corrected chi connectivity index (χ3v) is 3.50. The molecule has 0 aromatic heterocycles. The van der Waals surface area contributed by atoms with Crippen LogP contribution in [0.25, 0.3) is 0 Å². The van der Waals surface area contributed by atoms with Gasteiger partial charge >= 0.3 is 0 Å². The van der Waals surface area contributed by atoms with Gasteiger partial charge in [-0.2, -0.15) is 0 Å². The number of hydrogen-bond acceptors (Lipinski definition) is 5. The van der Waals surface area contributed by atoms with Crippen LogP contribution in [0.2, 0.25) is 0 Å². The van der Waals surface area contributed by atoms with E-state index < -0.39 is 0 Å². The highest BCUT2D eigenvalue weighted by Crippen LogP contribution is 2.30. The Kier molecular flexibility index (Phi) is 7.50. The molecule has 20 heavy (non-hydrogen) atoms. The Bertz CT molecular complexity index is 426. The lowest BCUT2D eigenvalue weighted by Crippen LogP contribution is -2.18. The molecule has 1 rings (SSSR count). The summed E-state index contributed by atoms with van der Waals surface area (Å²) in [6.07, 6.45) is 11.2. The maximum atomic E-state index is 6.35. The molecule has 0 atom stereocenters. The molecule has 0 saturated heterocycles. The Balaban J connectivity index is 3.08. The minimum absolute atomic E-state index is 0.250. The van der Waals surface area contributed by atoms with Crippen LogP contribution in [0.1, 0.15) is 32.1 Å². The maximum Gasteiger partial charge on any atom is 0.0859 e. The number of nitrogens with two attached hydrogens (primary N) is 2. The summed E-state index contributed by atoms with van der Waals surface area (Å²) in [7, 11) is 1.73. The summed E-state index contributed by atoms with van der Waals surface area (Å²) in [6, 6.07) is 0. The van der Waals surface area contributed by atoms with Crippen LogP contribution in [0.15, 0.2) is 38.0 Å². The van der Waals surface area contributed by atoms with Crippen LogP contribution in [-0.2, 0) is 0 Å². The van der Waals surface area contributed by atoms with Crippen molar-refractivity contribution in [2.45, 2.75) is 32.1 Å². The van der Waals surface area contributed by atoms with E-state index in [1.807, 2.05) is 0 Å². The molecule has 1 saturated carbocycles. The average Bonchev–Trinajstić information content (AvgIpc) is 2.50. The van der Waals surface area contributed by atoms with Crippen molar-refractivity contribution in [3.05, 3.63) is 23.0 Å². The van der Waals surface area contributed by atoms with Gasteiger partial charge in [0.25, 0.3) is 0 Å². The molecule has 1 aliphatic rings. The van der Waals surface area contributed by atoms with Gasteiger partial charge in [0.05, 0.1) is 12.4 Å². The molecule has 0 unspecified atom stereocenters. The van der Waals surface area contributed by atoms with Gasteiger partial charge in [-0.25, -0.2) is 0 Å². The first-order valence-corrected chi connectivity index (χ1v) is 7.03. The quantitative estimate of drug-likeness (QED) is 0.574. The number of aliphatic imine (C=N–C) groups is 3. The van der Waals surface area contributed by atoms with Crippen LogP contribution in [-0.4, -0.2) is 32.9 Å². The highest BCUT2D eigenvalue weighted by Gasteiger charge is 2.19. The van der Waals surface area contributed by atoms with E-state index in [1.54, 1.807) is 25.6 Å². The van der Waals surface area contributed by atoms with E-state index in [-0.39, 0.29) is 6.67 Å². The predicted octanol–water partition coefficient (Wildman–Crippen LogP) is 2.05. The molecule has 0 heterocycles. The van der Waals surface area contributed by atoms with E-state index >= 15 is 0 Å². The van der Waals surface area contributed by atoms with Crippen LogP contribution < -0.4 is 11.5 Å². The summed E-state index contributed by atoms with van der Waals surface area (Å²) in [5, 5.41) is 0. The molecule has 0 amide bonds. The average molecular weight is 275 g/mol. The van der Waals surface area contributed by atoms with E-state index in [1.165, 1.54) is 19.3 Å². The summed E-state index contributed by atoms with van der Waals surface area (Å²) >= 11 is 0. The predicted molar refractivity (Wildman–Crippen MR) is 87.4 cm³/mol. The van der Waals surface area contributed by atoms with Gasteiger partial charge in [-0.15, -0.1) is 0 Å². The first kappa shape index (κ1) is 16.3. The van der Waals surface area contributed by atoms with Crippen molar-refractivity contribution >= 4 is 19.1 Å². The second-order valence-corrected chi connectivity index (χ2v) is 4.82. The fourth-order valence-electron chi connectivity index (χ4n) is 2.46. The number of rotatable bonds is 6. The van der Waals surface area contributed by atoms with E-state index in [4.69, 9.17) is 11.5 Å². The molecule has 5 nitrogen and oxygen atoms in total. The Labute approximate surface area is 121 Å². The topological polar surface area (TPSA) is 89.1 Å². The fraction of sp³-hybridized carbons (Fsp3) is 0.533. The molecule has 0 radical (unpaired) electrons. The molecule has 0 spiro atoms. The minimum atomic E-state index is 0.250. The molecule has 1 fully saturated rings. The highest BCUT2D eigenvalue weighted by atomic mass is 14.8. The fourth-order valence-corrected chi connectivity index (χ4v) is 2.46. The van der Waals surface area contributed by atoms with E-state index in [0.29, 0.717) is 11.6 Å². The van der Waals surface area contributed by atoms with Crippen molar-refractivity contribution in [2.75, 3.05) is 13.7 Å². The lowest BCUT2D eigenvalue weighted by Gasteiger charge is -2.23. The van der Waals surface area contributed by atoms with Gasteiger partial charge in [0.15, 0.2) is 0 Å². The first-order valence-electron chi connectivity index (χ1n) is 7.03. The second-order valence-electron chi connectivity index (χ2n) is 4.82. The smallest absolute Gasteiger partial charge is 0.0859 e. The van der Waals surface area contributed by atoms with Crippen molar-refractivity contribution in [3.8, 4) is 0 Å². The molecule has 110 valence electrons. The van der Waals surface area contributed by atoms with Crippen LogP contribution in [0.5, 0.6) is 0 Å². The normalized spacial score (nSPS) is 19.6. The van der Waals surface area contributed by atoms with Gasteiger partial charge in [0.1, 0.15) is 0 Å². The number of hydrogen-bond donors (Lipinski definition) is 2. The summed E-state index contributed by atoms with van der Waals surface area (Å²) in [5.74, 6) is 0.411. The van der Waals surface area contributed by atoms with E-state index in [2.05, 4.69) is 21.7 Å². The molecular formula is C15H25N5. The molecular weight excluding hydrogens is 250 g/mol. The van der Waals surface area contributed by atoms with Crippen LogP contribution in [0.3, 0.4) is 0 Å². The third kappa shape index (κ3) is 4.74. The number of nitrogens with zero attached hydrogens (tertiary/aromatic N) is 3. The Morgan fingerprint density at radius 1 is 1.30 bits per heavy atom. The molecule has 0 aliphatic heterocycles. The standard InChI is InChI=1S/C15H25N5/c1-18-10-13(14(19-2)8-9-20-11-16)15(17)12-6-4-3-5-7-12/h8-10,12H,2-7,11,16-17H2,1H3/b14-8-,15-13+,18-10?,20-9-. The lowest BCUT2D eigenvalue weighted by molar-refractivity contribution is 0.399. The van der Waals surface area contributed by atoms with Gasteiger partial charge in [0.2, 0.25) is 0 Å². The van der Waals surface area contributed by atoms with Crippen LogP contribution in [0, 0.1) is 5.92 Å².